The molecule has 0 bridgehead atoms. The van der Waals surface area contributed by atoms with E-state index in [9.17, 15) is 4.39 Å². The molecule has 0 saturated carbocycles. The normalized spacial score (nSPS) is 17.6. The molecule has 0 spiro atoms. The van der Waals surface area contributed by atoms with Crippen LogP contribution in [0, 0.1) is 5.82 Å². The van der Waals surface area contributed by atoms with Crippen molar-refractivity contribution in [2.45, 2.75) is 12.6 Å². The number of ether oxygens (including phenoxy) is 2. The van der Waals surface area contributed by atoms with Crippen molar-refractivity contribution in [1.29, 1.82) is 0 Å². The maximum atomic E-state index is 13.6. The van der Waals surface area contributed by atoms with E-state index in [1.165, 1.54) is 6.07 Å². The maximum Gasteiger partial charge on any atom is 0.123 e. The number of rotatable bonds is 5. The van der Waals surface area contributed by atoms with Gasteiger partial charge in [0.05, 0.1) is 14.2 Å². The van der Waals surface area contributed by atoms with Crippen molar-refractivity contribution in [2.24, 2.45) is 0 Å². The number of hydrogen-bond donors (Lipinski definition) is 1. The van der Waals surface area contributed by atoms with Gasteiger partial charge in [0, 0.05) is 37.8 Å². The highest BCUT2D eigenvalue weighted by Gasteiger charge is 2.25. The number of nitrogens with one attached hydrogen (secondary N) is 1. The van der Waals surface area contributed by atoms with E-state index in [0.717, 1.165) is 48.8 Å². The molecule has 1 heterocycles. The third-order valence-corrected chi connectivity index (χ3v) is 4.45. The lowest BCUT2D eigenvalue weighted by atomic mass is 10.0. The average Bonchev–Trinajstić information content (AvgIpc) is 2.62. The predicted molar refractivity (Wildman–Crippen MR) is 99.2 cm³/mol. The maximum absolute atomic E-state index is 13.6. The first-order chi connectivity index (χ1) is 11.7. The van der Waals surface area contributed by atoms with Crippen molar-refractivity contribution in [1.82, 2.24) is 10.2 Å². The number of nitrogens with zero attached hydrogens (tertiary/aromatic N) is 1. The summed E-state index contributed by atoms with van der Waals surface area (Å²) in [5, 5.41) is 3.40. The molecule has 1 atom stereocenters. The Morgan fingerprint density at radius 1 is 1.16 bits per heavy atom. The average molecular weight is 367 g/mol. The fraction of sp³-hybridized carbons (Fsp3) is 0.368. The first-order valence-electron chi connectivity index (χ1n) is 8.12. The monoisotopic (exact) mass is 366 g/mol. The highest BCUT2D eigenvalue weighted by molar-refractivity contribution is 5.85. The van der Waals surface area contributed by atoms with E-state index in [1.54, 1.807) is 26.4 Å². The molecule has 2 aromatic carbocycles. The summed E-state index contributed by atoms with van der Waals surface area (Å²) in [7, 11) is 3.33. The van der Waals surface area contributed by atoms with Crippen LogP contribution in [0.15, 0.2) is 42.5 Å². The van der Waals surface area contributed by atoms with E-state index < -0.39 is 0 Å². The minimum atomic E-state index is -0.197. The number of halogens is 2. The second kappa shape index (κ2) is 9.04. The van der Waals surface area contributed by atoms with E-state index in [0.29, 0.717) is 0 Å². The van der Waals surface area contributed by atoms with Crippen LogP contribution in [0.2, 0.25) is 0 Å². The van der Waals surface area contributed by atoms with Crippen molar-refractivity contribution in [3.05, 3.63) is 59.4 Å². The van der Waals surface area contributed by atoms with E-state index >= 15 is 0 Å². The highest BCUT2D eigenvalue weighted by atomic mass is 35.5. The largest absolute Gasteiger partial charge is 0.497 e. The van der Waals surface area contributed by atoms with Crippen LogP contribution in [0.3, 0.4) is 0 Å². The van der Waals surface area contributed by atoms with Gasteiger partial charge in [-0.1, -0.05) is 12.1 Å². The van der Waals surface area contributed by atoms with Crippen molar-refractivity contribution >= 4 is 12.4 Å². The Bertz CT molecular complexity index is 699. The van der Waals surface area contributed by atoms with Gasteiger partial charge in [-0.3, -0.25) is 4.90 Å². The first-order valence-corrected chi connectivity index (χ1v) is 8.12. The van der Waals surface area contributed by atoms with Gasteiger partial charge < -0.3 is 14.8 Å². The summed E-state index contributed by atoms with van der Waals surface area (Å²) in [5.74, 6) is 1.45. The lowest BCUT2D eigenvalue weighted by molar-refractivity contribution is 0.152. The molecule has 0 amide bonds. The molecule has 0 aromatic heterocycles. The summed E-state index contributed by atoms with van der Waals surface area (Å²) in [6, 6.07) is 12.8. The molecule has 1 saturated heterocycles. The molecule has 1 fully saturated rings. The quantitative estimate of drug-likeness (QED) is 0.879. The predicted octanol–water partition coefficient (Wildman–Crippen LogP) is 3.41. The van der Waals surface area contributed by atoms with E-state index in [1.807, 2.05) is 24.3 Å². The zero-order valence-electron chi connectivity index (χ0n) is 14.5. The van der Waals surface area contributed by atoms with Crippen molar-refractivity contribution in [3.63, 3.8) is 0 Å². The molecule has 136 valence electrons. The Labute approximate surface area is 154 Å². The van der Waals surface area contributed by atoms with E-state index in [-0.39, 0.29) is 24.3 Å². The second-order valence-electron chi connectivity index (χ2n) is 5.92. The summed E-state index contributed by atoms with van der Waals surface area (Å²) >= 11 is 0. The molecule has 3 rings (SSSR count). The highest BCUT2D eigenvalue weighted by Crippen LogP contribution is 2.30. The summed E-state index contributed by atoms with van der Waals surface area (Å²) < 4.78 is 24.4. The van der Waals surface area contributed by atoms with E-state index in [2.05, 4.69) is 10.2 Å². The molecule has 1 N–H and O–H groups in total. The van der Waals surface area contributed by atoms with Crippen LogP contribution >= 0.6 is 12.4 Å². The number of hydrogen-bond acceptors (Lipinski definition) is 4. The lowest BCUT2D eigenvalue weighted by Gasteiger charge is -2.36. The molecule has 1 aliphatic heterocycles. The Morgan fingerprint density at radius 3 is 2.72 bits per heavy atom. The van der Waals surface area contributed by atoms with Gasteiger partial charge in [-0.15, -0.1) is 12.4 Å². The van der Waals surface area contributed by atoms with Gasteiger partial charge in [0.1, 0.15) is 17.3 Å². The molecule has 4 nitrogen and oxygen atoms in total. The second-order valence-corrected chi connectivity index (χ2v) is 5.92. The van der Waals surface area contributed by atoms with Gasteiger partial charge in [-0.25, -0.2) is 4.39 Å². The Hall–Kier alpha value is -1.82. The van der Waals surface area contributed by atoms with Gasteiger partial charge in [0.2, 0.25) is 0 Å². The Kier molecular flexibility index (Phi) is 7.05. The van der Waals surface area contributed by atoms with Gasteiger partial charge >= 0.3 is 0 Å². The van der Waals surface area contributed by atoms with Crippen LogP contribution in [0.5, 0.6) is 11.5 Å². The Morgan fingerprint density at radius 2 is 2.00 bits per heavy atom. The van der Waals surface area contributed by atoms with Crippen molar-refractivity contribution in [3.8, 4) is 11.5 Å². The van der Waals surface area contributed by atoms with Crippen LogP contribution < -0.4 is 14.8 Å². The van der Waals surface area contributed by atoms with Crippen LogP contribution in [-0.4, -0.2) is 38.8 Å². The summed E-state index contributed by atoms with van der Waals surface area (Å²) in [6.07, 6.45) is 0. The minimum Gasteiger partial charge on any atom is -0.497 e. The van der Waals surface area contributed by atoms with Gasteiger partial charge in [-0.2, -0.15) is 0 Å². The SMILES string of the molecule is COc1ccc(OC)c(CN2CCNCC2c2cccc(F)c2)c1.Cl. The minimum absolute atomic E-state index is 0. The van der Waals surface area contributed by atoms with Crippen LogP contribution in [-0.2, 0) is 6.54 Å². The van der Waals surface area contributed by atoms with Crippen LogP contribution in [0.1, 0.15) is 17.2 Å². The molecule has 1 aliphatic rings. The fourth-order valence-corrected chi connectivity index (χ4v) is 3.20. The Balaban J connectivity index is 0.00000225. The first kappa shape index (κ1) is 19.5. The van der Waals surface area contributed by atoms with Gasteiger partial charge in [-0.05, 0) is 35.9 Å². The molecular formula is C19H24ClFN2O2. The molecular weight excluding hydrogens is 343 g/mol. The summed E-state index contributed by atoms with van der Waals surface area (Å²) in [5.41, 5.74) is 2.06. The molecule has 0 aliphatic carbocycles. The molecule has 0 radical (unpaired) electrons. The van der Waals surface area contributed by atoms with Crippen molar-refractivity contribution in [2.75, 3.05) is 33.9 Å². The fourth-order valence-electron chi connectivity index (χ4n) is 3.20. The third-order valence-electron chi connectivity index (χ3n) is 4.45. The number of benzene rings is 2. The van der Waals surface area contributed by atoms with E-state index in [4.69, 9.17) is 9.47 Å². The van der Waals surface area contributed by atoms with Crippen LogP contribution in [0.4, 0.5) is 4.39 Å². The third kappa shape index (κ3) is 4.63. The zero-order valence-corrected chi connectivity index (χ0v) is 15.3. The molecule has 25 heavy (non-hydrogen) atoms. The number of piperazine rings is 1. The van der Waals surface area contributed by atoms with Gasteiger partial charge in [0.15, 0.2) is 0 Å². The molecule has 1 unspecified atom stereocenters. The zero-order chi connectivity index (χ0) is 16.9. The van der Waals surface area contributed by atoms with Crippen molar-refractivity contribution < 1.29 is 13.9 Å². The standard InChI is InChI=1S/C19H23FN2O2.ClH/c1-23-17-6-7-19(24-2)15(11-17)13-22-9-8-21-12-18(22)14-4-3-5-16(20)10-14;/h3-7,10-11,18,21H,8-9,12-13H2,1-2H3;1H. The van der Waals surface area contributed by atoms with Crippen LogP contribution in [0.25, 0.3) is 0 Å². The van der Waals surface area contributed by atoms with Gasteiger partial charge in [0.25, 0.3) is 0 Å². The lowest BCUT2D eigenvalue weighted by Crippen LogP contribution is -2.45. The molecule has 2 aromatic rings. The summed E-state index contributed by atoms with van der Waals surface area (Å²) in [6.45, 7) is 3.33. The smallest absolute Gasteiger partial charge is 0.123 e. The number of methoxy groups -OCH3 is 2. The summed E-state index contributed by atoms with van der Waals surface area (Å²) in [4.78, 5) is 2.35. The molecule has 6 heteroatoms. The topological polar surface area (TPSA) is 33.7 Å².